The van der Waals surface area contributed by atoms with Crippen LogP contribution in [0.1, 0.15) is 41.5 Å². The van der Waals surface area contributed by atoms with Crippen LogP contribution in [0, 0.1) is 22.7 Å². The van der Waals surface area contributed by atoms with E-state index in [1.807, 2.05) is 0 Å². The van der Waals surface area contributed by atoms with Crippen LogP contribution in [0.2, 0.25) is 0 Å². The van der Waals surface area contributed by atoms with Gasteiger partial charge in [0.2, 0.25) is 0 Å². The Kier molecular flexibility index (Phi) is 2.45. The van der Waals surface area contributed by atoms with Gasteiger partial charge in [0.05, 0.1) is 0 Å². The molecular formula is C16H24. The monoisotopic (exact) mass is 216 g/mol. The number of allylic oxidation sites excluding steroid dienone is 6. The summed E-state index contributed by atoms with van der Waals surface area (Å²) < 4.78 is 0. The fourth-order valence-electron chi connectivity index (χ4n) is 3.23. The molecule has 2 atom stereocenters. The Morgan fingerprint density at radius 2 is 1.00 bits per heavy atom. The van der Waals surface area contributed by atoms with Crippen molar-refractivity contribution in [3.05, 3.63) is 35.5 Å². The minimum absolute atomic E-state index is 0.305. The highest BCUT2D eigenvalue weighted by molar-refractivity contribution is 5.47. The second kappa shape index (κ2) is 3.35. The predicted octanol–water partition coefficient (Wildman–Crippen LogP) is 4.75. The Labute approximate surface area is 100 Å². The minimum atomic E-state index is 0.305. The van der Waals surface area contributed by atoms with E-state index in [0.717, 1.165) is 0 Å². The number of hydrogen-bond donors (Lipinski definition) is 0. The van der Waals surface area contributed by atoms with E-state index in [1.54, 1.807) is 11.1 Å². The van der Waals surface area contributed by atoms with Crippen molar-refractivity contribution < 1.29 is 0 Å². The molecule has 2 rings (SSSR count). The molecule has 88 valence electrons. The second-order valence-corrected chi connectivity index (χ2v) is 7.15. The van der Waals surface area contributed by atoms with Gasteiger partial charge in [0.1, 0.15) is 0 Å². The summed E-state index contributed by atoms with van der Waals surface area (Å²) in [5.74, 6) is 1.33. The van der Waals surface area contributed by atoms with Crippen LogP contribution in [0.15, 0.2) is 35.5 Å². The lowest BCUT2D eigenvalue weighted by molar-refractivity contribution is 0.293. The molecule has 0 amide bonds. The van der Waals surface area contributed by atoms with Gasteiger partial charge < -0.3 is 0 Å². The molecule has 2 aliphatic rings. The Hall–Kier alpha value is -0.780. The standard InChI is InChI=1S/C16H24/c1-15(2,3)13-11-9-7-8-10-12(11)14(13)16(4,5)6/h7-12H,1-6H3. The Morgan fingerprint density at radius 1 is 0.688 bits per heavy atom. The first-order chi connectivity index (χ1) is 7.23. The summed E-state index contributed by atoms with van der Waals surface area (Å²) in [6, 6.07) is 0. The molecule has 0 spiro atoms. The molecule has 0 heteroatoms. The van der Waals surface area contributed by atoms with E-state index in [4.69, 9.17) is 0 Å². The summed E-state index contributed by atoms with van der Waals surface area (Å²) in [6.07, 6.45) is 9.15. The quantitative estimate of drug-likeness (QED) is 0.513. The molecule has 2 aliphatic carbocycles. The zero-order valence-electron chi connectivity index (χ0n) is 11.5. The van der Waals surface area contributed by atoms with E-state index in [9.17, 15) is 0 Å². The molecule has 2 unspecified atom stereocenters. The smallest absolute Gasteiger partial charge is 0.00889 e. The van der Waals surface area contributed by atoms with E-state index in [2.05, 4.69) is 65.8 Å². The van der Waals surface area contributed by atoms with Crippen molar-refractivity contribution >= 4 is 0 Å². The molecule has 0 fully saturated rings. The molecule has 0 bridgehead atoms. The summed E-state index contributed by atoms with van der Waals surface area (Å²) in [6.45, 7) is 14.1. The summed E-state index contributed by atoms with van der Waals surface area (Å²) in [5.41, 5.74) is 3.95. The Morgan fingerprint density at radius 3 is 1.25 bits per heavy atom. The topological polar surface area (TPSA) is 0 Å². The van der Waals surface area contributed by atoms with Gasteiger partial charge in [-0.25, -0.2) is 0 Å². The molecule has 0 aliphatic heterocycles. The van der Waals surface area contributed by atoms with Crippen molar-refractivity contribution in [1.29, 1.82) is 0 Å². The third-order valence-corrected chi connectivity index (χ3v) is 3.71. The predicted molar refractivity (Wildman–Crippen MR) is 71.2 cm³/mol. The van der Waals surface area contributed by atoms with Crippen LogP contribution >= 0.6 is 0 Å². The molecule has 16 heavy (non-hydrogen) atoms. The maximum Gasteiger partial charge on any atom is 0.00889 e. The van der Waals surface area contributed by atoms with Crippen molar-refractivity contribution in [2.24, 2.45) is 22.7 Å². The van der Waals surface area contributed by atoms with Gasteiger partial charge in [-0.05, 0) is 10.8 Å². The van der Waals surface area contributed by atoms with Gasteiger partial charge in [-0.15, -0.1) is 0 Å². The van der Waals surface area contributed by atoms with Crippen molar-refractivity contribution in [3.8, 4) is 0 Å². The summed E-state index contributed by atoms with van der Waals surface area (Å²) in [7, 11) is 0. The van der Waals surface area contributed by atoms with Crippen LogP contribution in [-0.4, -0.2) is 0 Å². The van der Waals surface area contributed by atoms with Crippen LogP contribution in [0.4, 0.5) is 0 Å². The fraction of sp³-hybridized carbons (Fsp3) is 0.625. The van der Waals surface area contributed by atoms with Gasteiger partial charge in [0, 0.05) is 11.8 Å². The Bertz CT molecular complexity index is 339. The van der Waals surface area contributed by atoms with E-state index >= 15 is 0 Å². The largest absolute Gasteiger partial charge is 0.0764 e. The number of fused-ring (bicyclic) bond motifs is 1. The summed E-state index contributed by atoms with van der Waals surface area (Å²) in [4.78, 5) is 0. The molecule has 0 N–H and O–H groups in total. The first kappa shape index (κ1) is 11.7. The normalized spacial score (nSPS) is 29.1. The van der Waals surface area contributed by atoms with Gasteiger partial charge in [-0.1, -0.05) is 77.0 Å². The van der Waals surface area contributed by atoms with Gasteiger partial charge in [0.25, 0.3) is 0 Å². The van der Waals surface area contributed by atoms with Crippen molar-refractivity contribution in [2.75, 3.05) is 0 Å². The second-order valence-electron chi connectivity index (χ2n) is 7.15. The lowest BCUT2D eigenvalue weighted by Gasteiger charge is -2.51. The summed E-state index contributed by atoms with van der Waals surface area (Å²) in [5, 5.41) is 0. The first-order valence-corrected chi connectivity index (χ1v) is 6.33. The van der Waals surface area contributed by atoms with E-state index < -0.39 is 0 Å². The van der Waals surface area contributed by atoms with Gasteiger partial charge in [-0.2, -0.15) is 0 Å². The van der Waals surface area contributed by atoms with Crippen molar-refractivity contribution in [3.63, 3.8) is 0 Å². The average Bonchev–Trinajstić information content (AvgIpc) is 2.01. The maximum atomic E-state index is 2.38. The molecule has 0 nitrogen and oxygen atoms in total. The molecular weight excluding hydrogens is 192 g/mol. The zero-order chi connectivity index (χ0) is 12.1. The Balaban J connectivity index is 2.50. The maximum absolute atomic E-state index is 2.38. The molecule has 0 saturated heterocycles. The van der Waals surface area contributed by atoms with Crippen LogP contribution in [0.25, 0.3) is 0 Å². The van der Waals surface area contributed by atoms with Crippen LogP contribution < -0.4 is 0 Å². The lowest BCUT2D eigenvalue weighted by Crippen LogP contribution is -2.40. The SMILES string of the molecule is CC(C)(C)C1=C(C(C)(C)C)C2C=CC=CC12. The number of hydrogen-bond acceptors (Lipinski definition) is 0. The first-order valence-electron chi connectivity index (χ1n) is 6.33. The van der Waals surface area contributed by atoms with Gasteiger partial charge in [0.15, 0.2) is 0 Å². The van der Waals surface area contributed by atoms with Crippen molar-refractivity contribution in [2.45, 2.75) is 41.5 Å². The van der Waals surface area contributed by atoms with Crippen LogP contribution in [-0.2, 0) is 0 Å². The van der Waals surface area contributed by atoms with E-state index in [1.165, 1.54) is 0 Å². The zero-order valence-corrected chi connectivity index (χ0v) is 11.5. The van der Waals surface area contributed by atoms with Crippen LogP contribution in [0.5, 0.6) is 0 Å². The highest BCUT2D eigenvalue weighted by atomic mass is 14.5. The van der Waals surface area contributed by atoms with Crippen molar-refractivity contribution in [1.82, 2.24) is 0 Å². The minimum Gasteiger partial charge on any atom is -0.0764 e. The number of rotatable bonds is 0. The lowest BCUT2D eigenvalue weighted by atomic mass is 9.53. The highest BCUT2D eigenvalue weighted by Gasteiger charge is 2.46. The van der Waals surface area contributed by atoms with Gasteiger partial charge in [-0.3, -0.25) is 0 Å². The van der Waals surface area contributed by atoms with Crippen LogP contribution in [0.3, 0.4) is 0 Å². The molecule has 0 aromatic carbocycles. The van der Waals surface area contributed by atoms with E-state index in [-0.39, 0.29) is 0 Å². The third kappa shape index (κ3) is 1.69. The van der Waals surface area contributed by atoms with E-state index in [0.29, 0.717) is 22.7 Å². The third-order valence-electron chi connectivity index (χ3n) is 3.71. The molecule has 0 radical (unpaired) electrons. The molecule has 0 heterocycles. The fourth-order valence-corrected chi connectivity index (χ4v) is 3.23. The molecule has 0 aromatic rings. The van der Waals surface area contributed by atoms with Gasteiger partial charge >= 0.3 is 0 Å². The molecule has 0 aromatic heterocycles. The summed E-state index contributed by atoms with van der Waals surface area (Å²) >= 11 is 0. The average molecular weight is 216 g/mol. The highest BCUT2D eigenvalue weighted by Crippen LogP contribution is 2.57. The molecule has 0 saturated carbocycles.